The van der Waals surface area contributed by atoms with E-state index in [0.717, 1.165) is 118 Å². The molecular weight excluding hydrogens is 1090 g/mol. The van der Waals surface area contributed by atoms with E-state index in [0.29, 0.717) is 0 Å². The predicted octanol–water partition coefficient (Wildman–Crippen LogP) is 23.3. The number of aryl methyl sites for hydroxylation is 3. The Morgan fingerprint density at radius 2 is 0.411 bits per heavy atom. The highest BCUT2D eigenvalue weighted by atomic mass is 15.1. The molecule has 0 fully saturated rings. The Kier molecular flexibility index (Phi) is 17.3. The second kappa shape index (κ2) is 27.0. The van der Waals surface area contributed by atoms with Crippen molar-refractivity contribution in [2.45, 2.75) is 20.8 Å². The lowest BCUT2D eigenvalue weighted by molar-refractivity contribution is 1.26. The smallest absolute Gasteiger partial charge is 0.0534 e. The monoisotopic (exact) mass is 1160 g/mol. The Labute approximate surface area is 531 Å². The van der Waals surface area contributed by atoms with Crippen molar-refractivity contribution in [3.05, 3.63) is 414 Å². The summed E-state index contributed by atoms with van der Waals surface area (Å²) in [7, 11) is 0. The third kappa shape index (κ3) is 12.7. The molecule has 0 saturated heterocycles. The van der Waals surface area contributed by atoms with E-state index in [-0.39, 0.29) is 0 Å². The summed E-state index contributed by atoms with van der Waals surface area (Å²) in [6.45, 7) is 6.47. The number of para-hydroxylation sites is 3. The Morgan fingerprint density at radius 3 is 0.678 bits per heavy atom. The number of benzene rings is 13. The van der Waals surface area contributed by atoms with Gasteiger partial charge in [0.1, 0.15) is 0 Å². The minimum atomic E-state index is 1.02. The van der Waals surface area contributed by atoms with Crippen LogP contribution in [0.1, 0.15) is 50.1 Å². The molecular formula is C87H69N3. The molecule has 13 aromatic carbocycles. The van der Waals surface area contributed by atoms with Crippen LogP contribution in [0, 0.1) is 20.8 Å². The predicted molar refractivity (Wildman–Crippen MR) is 383 cm³/mol. The van der Waals surface area contributed by atoms with Crippen molar-refractivity contribution in [3.8, 4) is 33.4 Å². The lowest BCUT2D eigenvalue weighted by Gasteiger charge is -2.30. The van der Waals surface area contributed by atoms with Gasteiger partial charge in [-0.05, 0) is 125 Å². The summed E-state index contributed by atoms with van der Waals surface area (Å²) in [6.07, 6.45) is 7.01. The van der Waals surface area contributed by atoms with Gasteiger partial charge < -0.3 is 14.7 Å². The topological polar surface area (TPSA) is 9.72 Å². The lowest BCUT2D eigenvalue weighted by Crippen LogP contribution is -2.13. The maximum Gasteiger partial charge on any atom is 0.0534 e. The first-order valence-corrected chi connectivity index (χ1v) is 30.9. The van der Waals surface area contributed by atoms with Gasteiger partial charge in [-0.2, -0.15) is 0 Å². The zero-order valence-electron chi connectivity index (χ0n) is 51.0. The van der Waals surface area contributed by atoms with Gasteiger partial charge in [-0.15, -0.1) is 0 Å². The van der Waals surface area contributed by atoms with Crippen molar-refractivity contribution in [2.24, 2.45) is 0 Å². The van der Waals surface area contributed by atoms with Crippen LogP contribution in [0.15, 0.2) is 364 Å². The molecule has 0 bridgehead atoms. The van der Waals surface area contributed by atoms with Crippen LogP contribution in [0.25, 0.3) is 50.1 Å². The van der Waals surface area contributed by atoms with Gasteiger partial charge in [0.25, 0.3) is 0 Å². The summed E-state index contributed by atoms with van der Waals surface area (Å²) in [5, 5.41) is 0. The van der Waals surface area contributed by atoms with Gasteiger partial charge >= 0.3 is 0 Å². The molecule has 13 aromatic rings. The van der Waals surface area contributed by atoms with Gasteiger partial charge in [0, 0.05) is 69.1 Å². The van der Waals surface area contributed by atoms with E-state index in [4.69, 9.17) is 0 Å². The zero-order chi connectivity index (χ0) is 61.0. The van der Waals surface area contributed by atoms with Crippen LogP contribution in [-0.2, 0) is 0 Å². The van der Waals surface area contributed by atoms with Gasteiger partial charge in [0.2, 0.25) is 0 Å². The van der Waals surface area contributed by atoms with Crippen LogP contribution < -0.4 is 14.7 Å². The molecule has 0 spiro atoms. The summed E-state index contributed by atoms with van der Waals surface area (Å²) in [5.41, 5.74) is 26.2. The second-order valence-electron chi connectivity index (χ2n) is 22.7. The maximum absolute atomic E-state index is 2.41. The van der Waals surface area contributed by atoms with Crippen LogP contribution in [0.4, 0.5) is 34.1 Å². The van der Waals surface area contributed by atoms with Crippen molar-refractivity contribution in [3.63, 3.8) is 0 Å². The number of hydrogen-bond donors (Lipinski definition) is 0. The van der Waals surface area contributed by atoms with Crippen molar-refractivity contribution < 1.29 is 0 Å². The Hall–Kier alpha value is -11.5. The average Bonchev–Trinajstić information content (AvgIpc) is 0.877. The number of hydrogen-bond acceptors (Lipinski definition) is 3. The van der Waals surface area contributed by atoms with Crippen LogP contribution in [-0.4, -0.2) is 0 Å². The van der Waals surface area contributed by atoms with Gasteiger partial charge in [0.05, 0.1) is 17.1 Å². The fourth-order valence-corrected chi connectivity index (χ4v) is 12.0. The molecule has 432 valence electrons. The Bertz CT molecular complexity index is 4290. The fourth-order valence-electron chi connectivity index (χ4n) is 12.0. The quantitative estimate of drug-likeness (QED) is 0.0848. The summed E-state index contributed by atoms with van der Waals surface area (Å²) in [5.74, 6) is 0. The van der Waals surface area contributed by atoms with Crippen molar-refractivity contribution in [1.29, 1.82) is 0 Å². The van der Waals surface area contributed by atoms with E-state index in [9.17, 15) is 0 Å². The maximum atomic E-state index is 2.41. The molecule has 0 radical (unpaired) electrons. The molecule has 0 aliphatic carbocycles. The van der Waals surface area contributed by atoms with E-state index in [2.05, 4.69) is 400 Å². The molecule has 3 heteroatoms. The fraction of sp³-hybridized carbons (Fsp3) is 0.0345. The normalized spacial score (nSPS) is 10.8. The average molecular weight is 1160 g/mol. The molecule has 0 N–H and O–H groups in total. The van der Waals surface area contributed by atoms with Crippen molar-refractivity contribution >= 4 is 50.8 Å². The van der Waals surface area contributed by atoms with E-state index in [1.54, 1.807) is 0 Å². The first-order valence-electron chi connectivity index (χ1n) is 30.9. The summed E-state index contributed by atoms with van der Waals surface area (Å²) in [4.78, 5) is 7.20. The first kappa shape index (κ1) is 57.5. The summed E-state index contributed by atoms with van der Waals surface area (Å²) < 4.78 is 0. The standard InChI is InChI=1S/C87H69N3/c1-64-49-55-73(56-50-64)88(61-81(67-29-10-4-11-30-67)68-31-12-5-13-32-68)84-46-25-22-41-76(84)78-44-28-45-79(77-42-23-26-47-85(77)89(74-57-51-65(2)52-58-74)62-82(69-33-14-6-15-34-69)70-35-16-7-17-36-70)87(78)80-43-24-27-48-86(80)90(75-59-53-66(3)54-60-75)63-83(71-37-18-8-19-38-71)72-39-20-9-21-40-72/h4-63H,1-3H3. The molecule has 3 nitrogen and oxygen atoms in total. The van der Waals surface area contributed by atoms with E-state index < -0.39 is 0 Å². The third-order valence-electron chi connectivity index (χ3n) is 16.6. The van der Waals surface area contributed by atoms with Crippen LogP contribution in [0.3, 0.4) is 0 Å². The highest BCUT2D eigenvalue weighted by molar-refractivity contribution is 6.05. The number of rotatable bonds is 18. The molecule has 0 atom stereocenters. The highest BCUT2D eigenvalue weighted by Gasteiger charge is 2.26. The molecule has 0 unspecified atom stereocenters. The van der Waals surface area contributed by atoms with Crippen LogP contribution in [0.5, 0.6) is 0 Å². The van der Waals surface area contributed by atoms with Crippen LogP contribution >= 0.6 is 0 Å². The van der Waals surface area contributed by atoms with E-state index in [1.165, 1.54) is 16.7 Å². The molecule has 0 aliphatic heterocycles. The summed E-state index contributed by atoms with van der Waals surface area (Å²) >= 11 is 0. The minimum absolute atomic E-state index is 1.02. The molecule has 0 aliphatic rings. The van der Waals surface area contributed by atoms with Gasteiger partial charge in [-0.3, -0.25) is 0 Å². The van der Waals surface area contributed by atoms with Crippen LogP contribution in [0.2, 0.25) is 0 Å². The Morgan fingerprint density at radius 1 is 0.200 bits per heavy atom. The van der Waals surface area contributed by atoms with Gasteiger partial charge in [0.15, 0.2) is 0 Å². The zero-order valence-corrected chi connectivity index (χ0v) is 51.0. The molecule has 0 saturated carbocycles. The first-order chi connectivity index (χ1) is 44.4. The van der Waals surface area contributed by atoms with Crippen molar-refractivity contribution in [1.82, 2.24) is 0 Å². The highest BCUT2D eigenvalue weighted by Crippen LogP contribution is 2.51. The van der Waals surface area contributed by atoms with Gasteiger partial charge in [-0.25, -0.2) is 0 Å². The van der Waals surface area contributed by atoms with Crippen molar-refractivity contribution in [2.75, 3.05) is 14.7 Å². The van der Waals surface area contributed by atoms with E-state index >= 15 is 0 Å². The Balaban J connectivity index is 1.12. The molecule has 0 aromatic heterocycles. The number of anilines is 6. The summed E-state index contributed by atoms with van der Waals surface area (Å²) in [6, 6.07) is 125. The molecule has 90 heavy (non-hydrogen) atoms. The number of nitrogens with zero attached hydrogens (tertiary/aromatic N) is 3. The molecule has 0 amide bonds. The van der Waals surface area contributed by atoms with Gasteiger partial charge in [-0.1, -0.05) is 308 Å². The minimum Gasteiger partial charge on any atom is -0.316 e. The molecule has 13 rings (SSSR count). The third-order valence-corrected chi connectivity index (χ3v) is 16.6. The largest absolute Gasteiger partial charge is 0.316 e. The molecule has 0 heterocycles. The lowest BCUT2D eigenvalue weighted by atomic mass is 9.85. The van der Waals surface area contributed by atoms with E-state index in [1.807, 2.05) is 0 Å². The second-order valence-corrected chi connectivity index (χ2v) is 22.7. The SMILES string of the molecule is Cc1ccc(N(C=C(c2ccccc2)c2ccccc2)c2ccccc2-c2cccc(-c3ccccc3N(C=C(c3ccccc3)c3ccccc3)c3ccc(C)cc3)c2-c2ccccc2N(C=C(c2ccccc2)c2ccccc2)c2ccc(C)cc2)cc1.